The van der Waals surface area contributed by atoms with E-state index in [0.29, 0.717) is 28.6 Å². The maximum absolute atomic E-state index is 5.62. The summed E-state index contributed by atoms with van der Waals surface area (Å²) >= 11 is 2.93. The highest BCUT2D eigenvalue weighted by atomic mass is 32.2. The van der Waals surface area contributed by atoms with E-state index < -0.39 is 0 Å². The molecule has 0 amide bonds. The fraction of sp³-hybridized carbons (Fsp3) is 0.125. The van der Waals surface area contributed by atoms with Crippen molar-refractivity contribution in [2.45, 2.75) is 17.9 Å². The van der Waals surface area contributed by atoms with Crippen molar-refractivity contribution in [1.82, 2.24) is 20.3 Å². The number of hydrogen-bond donors (Lipinski definition) is 0. The Morgan fingerprint density at radius 2 is 2.04 bits per heavy atom. The van der Waals surface area contributed by atoms with Crippen LogP contribution in [0.3, 0.4) is 0 Å². The molecule has 120 valence electrons. The summed E-state index contributed by atoms with van der Waals surface area (Å²) in [7, 11) is 0. The molecule has 0 aliphatic carbocycles. The standard InChI is InChI=1S/C16H12N4O2S2/c1-10-5-2-3-6-11(10)14-17-13(22-20-14)9-24-16-19-18-15(21-16)12-7-4-8-23-12/h2-8H,9H2,1H3. The summed E-state index contributed by atoms with van der Waals surface area (Å²) < 4.78 is 10.9. The van der Waals surface area contributed by atoms with Gasteiger partial charge in [-0.15, -0.1) is 21.5 Å². The largest absolute Gasteiger partial charge is 0.410 e. The smallest absolute Gasteiger partial charge is 0.277 e. The number of rotatable bonds is 5. The van der Waals surface area contributed by atoms with Crippen molar-refractivity contribution in [2.24, 2.45) is 0 Å². The first kappa shape index (κ1) is 15.1. The summed E-state index contributed by atoms with van der Waals surface area (Å²) in [4.78, 5) is 5.38. The molecule has 24 heavy (non-hydrogen) atoms. The van der Waals surface area contributed by atoms with Gasteiger partial charge in [0.25, 0.3) is 11.1 Å². The third-order valence-electron chi connectivity index (χ3n) is 3.31. The molecule has 8 heteroatoms. The summed E-state index contributed by atoms with van der Waals surface area (Å²) in [6.07, 6.45) is 0. The van der Waals surface area contributed by atoms with Crippen molar-refractivity contribution in [3.63, 3.8) is 0 Å². The molecule has 0 aliphatic heterocycles. The zero-order chi connectivity index (χ0) is 16.4. The van der Waals surface area contributed by atoms with Gasteiger partial charge in [0.05, 0.1) is 10.6 Å². The molecular weight excluding hydrogens is 344 g/mol. The van der Waals surface area contributed by atoms with Gasteiger partial charge in [0, 0.05) is 5.56 Å². The van der Waals surface area contributed by atoms with Crippen LogP contribution in [0.1, 0.15) is 11.5 Å². The number of thiophene rings is 1. The van der Waals surface area contributed by atoms with Crippen LogP contribution in [0.2, 0.25) is 0 Å². The molecule has 0 spiro atoms. The predicted octanol–water partition coefficient (Wildman–Crippen LogP) is 4.45. The molecule has 0 saturated heterocycles. The number of nitrogens with zero attached hydrogens (tertiary/aromatic N) is 4. The topological polar surface area (TPSA) is 77.8 Å². The molecule has 4 rings (SSSR count). The summed E-state index contributed by atoms with van der Waals surface area (Å²) in [5.41, 5.74) is 2.07. The Morgan fingerprint density at radius 3 is 2.88 bits per heavy atom. The second-order valence-corrected chi connectivity index (χ2v) is 6.84. The minimum absolute atomic E-state index is 0.477. The van der Waals surface area contributed by atoms with E-state index >= 15 is 0 Å². The van der Waals surface area contributed by atoms with E-state index in [-0.39, 0.29) is 0 Å². The number of aromatic nitrogens is 4. The number of benzene rings is 1. The summed E-state index contributed by atoms with van der Waals surface area (Å²) in [5, 5.41) is 14.6. The van der Waals surface area contributed by atoms with Gasteiger partial charge in [-0.1, -0.05) is 47.3 Å². The normalized spacial score (nSPS) is 11.0. The van der Waals surface area contributed by atoms with E-state index in [0.717, 1.165) is 16.0 Å². The van der Waals surface area contributed by atoms with Crippen LogP contribution in [-0.2, 0) is 5.75 Å². The lowest BCUT2D eigenvalue weighted by Crippen LogP contribution is -1.85. The molecule has 3 heterocycles. The maximum atomic E-state index is 5.62. The van der Waals surface area contributed by atoms with E-state index in [1.807, 2.05) is 48.7 Å². The van der Waals surface area contributed by atoms with Gasteiger partial charge in [-0.2, -0.15) is 4.98 Å². The second-order valence-electron chi connectivity index (χ2n) is 4.97. The Bertz CT molecular complexity index is 947. The fourth-order valence-corrected chi connectivity index (χ4v) is 3.38. The van der Waals surface area contributed by atoms with Gasteiger partial charge in [0.15, 0.2) is 0 Å². The Balaban J connectivity index is 1.45. The van der Waals surface area contributed by atoms with E-state index in [9.17, 15) is 0 Å². The van der Waals surface area contributed by atoms with Crippen molar-refractivity contribution in [3.05, 3.63) is 53.2 Å². The first-order valence-corrected chi connectivity index (χ1v) is 9.05. The Labute approximate surface area is 145 Å². The number of hydrogen-bond acceptors (Lipinski definition) is 8. The van der Waals surface area contributed by atoms with Crippen LogP contribution in [0.5, 0.6) is 0 Å². The van der Waals surface area contributed by atoms with Crippen LogP contribution in [0.25, 0.3) is 22.2 Å². The monoisotopic (exact) mass is 356 g/mol. The van der Waals surface area contributed by atoms with Crippen molar-refractivity contribution in [2.75, 3.05) is 0 Å². The molecule has 0 N–H and O–H groups in total. The zero-order valence-corrected chi connectivity index (χ0v) is 14.3. The van der Waals surface area contributed by atoms with Gasteiger partial charge in [-0.25, -0.2) is 0 Å². The minimum Gasteiger partial charge on any atom is -0.410 e. The molecule has 4 aromatic rings. The average Bonchev–Trinajstić information content (AvgIpc) is 3.34. The lowest BCUT2D eigenvalue weighted by Gasteiger charge is -1.97. The quantitative estimate of drug-likeness (QED) is 0.489. The van der Waals surface area contributed by atoms with Crippen molar-refractivity contribution >= 4 is 23.1 Å². The van der Waals surface area contributed by atoms with Crippen LogP contribution in [0.15, 0.2) is 55.9 Å². The first-order valence-electron chi connectivity index (χ1n) is 7.18. The maximum Gasteiger partial charge on any atom is 0.277 e. The van der Waals surface area contributed by atoms with Crippen LogP contribution in [-0.4, -0.2) is 20.3 Å². The third-order valence-corrected chi connectivity index (χ3v) is 4.97. The van der Waals surface area contributed by atoms with Gasteiger partial charge in [-0.05, 0) is 23.9 Å². The SMILES string of the molecule is Cc1ccccc1-c1noc(CSc2nnc(-c3cccs3)o2)n1. The third kappa shape index (κ3) is 3.10. The lowest BCUT2D eigenvalue weighted by molar-refractivity contribution is 0.391. The molecule has 0 saturated carbocycles. The van der Waals surface area contributed by atoms with Gasteiger partial charge in [0.1, 0.15) is 0 Å². The van der Waals surface area contributed by atoms with Gasteiger partial charge in [-0.3, -0.25) is 0 Å². The molecule has 0 fully saturated rings. The van der Waals surface area contributed by atoms with Crippen LogP contribution in [0, 0.1) is 6.92 Å². The van der Waals surface area contributed by atoms with Crippen LogP contribution < -0.4 is 0 Å². The van der Waals surface area contributed by atoms with E-state index in [4.69, 9.17) is 8.94 Å². The Morgan fingerprint density at radius 1 is 1.12 bits per heavy atom. The highest BCUT2D eigenvalue weighted by Gasteiger charge is 2.14. The van der Waals surface area contributed by atoms with Crippen molar-refractivity contribution in [3.8, 4) is 22.2 Å². The number of aryl methyl sites for hydroxylation is 1. The van der Waals surface area contributed by atoms with Crippen molar-refractivity contribution < 1.29 is 8.94 Å². The van der Waals surface area contributed by atoms with E-state index in [1.54, 1.807) is 11.3 Å². The summed E-state index contributed by atoms with van der Waals surface area (Å²) in [6, 6.07) is 11.8. The van der Waals surface area contributed by atoms with E-state index in [1.165, 1.54) is 11.8 Å². The summed E-state index contributed by atoms with van der Waals surface area (Å²) in [5.74, 6) is 2.12. The number of thioether (sulfide) groups is 1. The van der Waals surface area contributed by atoms with Crippen LogP contribution >= 0.6 is 23.1 Å². The molecule has 0 radical (unpaired) electrons. The molecular formula is C16H12N4O2S2. The van der Waals surface area contributed by atoms with Gasteiger partial charge >= 0.3 is 0 Å². The molecule has 3 aromatic heterocycles. The Hall–Kier alpha value is -2.45. The molecule has 0 aliphatic rings. The minimum atomic E-state index is 0.477. The molecule has 1 aromatic carbocycles. The van der Waals surface area contributed by atoms with E-state index in [2.05, 4.69) is 20.3 Å². The first-order chi connectivity index (χ1) is 11.8. The lowest BCUT2D eigenvalue weighted by atomic mass is 10.1. The molecule has 0 bridgehead atoms. The highest BCUT2D eigenvalue weighted by molar-refractivity contribution is 7.98. The van der Waals surface area contributed by atoms with Crippen molar-refractivity contribution in [1.29, 1.82) is 0 Å². The summed E-state index contributed by atoms with van der Waals surface area (Å²) in [6.45, 7) is 2.02. The second kappa shape index (κ2) is 6.58. The highest BCUT2D eigenvalue weighted by Crippen LogP contribution is 2.28. The zero-order valence-electron chi connectivity index (χ0n) is 12.7. The average molecular weight is 356 g/mol. The van der Waals surface area contributed by atoms with Crippen LogP contribution in [0.4, 0.5) is 0 Å². The predicted molar refractivity (Wildman–Crippen MR) is 91.6 cm³/mol. The molecule has 6 nitrogen and oxygen atoms in total. The van der Waals surface area contributed by atoms with Gasteiger partial charge < -0.3 is 8.94 Å². The molecule has 0 atom stereocenters. The molecule has 0 unspecified atom stereocenters. The fourth-order valence-electron chi connectivity index (χ4n) is 2.14. The van der Waals surface area contributed by atoms with Gasteiger partial charge in [0.2, 0.25) is 11.7 Å². The Kier molecular flexibility index (Phi) is 4.14.